The van der Waals surface area contributed by atoms with E-state index in [4.69, 9.17) is 9.47 Å². The van der Waals surface area contributed by atoms with Crippen LogP contribution >= 0.6 is 0 Å². The minimum absolute atomic E-state index is 0.134. The van der Waals surface area contributed by atoms with Gasteiger partial charge < -0.3 is 40.3 Å². The first-order valence-corrected chi connectivity index (χ1v) is 17.7. The maximum Gasteiger partial charge on any atom is 0.220 e. The van der Waals surface area contributed by atoms with Crippen molar-refractivity contribution in [2.75, 3.05) is 13.2 Å². The molecule has 0 aliphatic carbocycles. The van der Waals surface area contributed by atoms with Crippen molar-refractivity contribution in [2.24, 2.45) is 0 Å². The van der Waals surface area contributed by atoms with Gasteiger partial charge in [0.25, 0.3) is 0 Å². The van der Waals surface area contributed by atoms with Crippen LogP contribution in [0.3, 0.4) is 0 Å². The van der Waals surface area contributed by atoms with Crippen molar-refractivity contribution >= 4 is 5.91 Å². The Morgan fingerprint density at radius 2 is 1.16 bits per heavy atom. The summed E-state index contributed by atoms with van der Waals surface area (Å²) >= 11 is 0. The highest BCUT2D eigenvalue weighted by molar-refractivity contribution is 5.76. The molecule has 7 atom stereocenters. The van der Waals surface area contributed by atoms with Crippen LogP contribution in [0, 0.1) is 0 Å². The first-order chi connectivity index (χ1) is 20.8. The lowest BCUT2D eigenvalue weighted by atomic mass is 9.99. The summed E-state index contributed by atoms with van der Waals surface area (Å²) in [6.45, 7) is 3.76. The first kappa shape index (κ1) is 40.2. The van der Waals surface area contributed by atoms with Crippen LogP contribution < -0.4 is 5.32 Å². The van der Waals surface area contributed by atoms with Gasteiger partial charge in [0.2, 0.25) is 5.91 Å². The fourth-order valence-corrected chi connectivity index (χ4v) is 5.75. The molecule has 0 aromatic heterocycles. The molecular weight excluding hydrogens is 550 g/mol. The lowest BCUT2D eigenvalue weighted by Crippen LogP contribution is -2.60. The van der Waals surface area contributed by atoms with Gasteiger partial charge in [-0.3, -0.25) is 4.79 Å². The molecule has 256 valence electrons. The normalized spacial score (nSPS) is 23.7. The molecule has 43 heavy (non-hydrogen) atoms. The van der Waals surface area contributed by atoms with Gasteiger partial charge in [0, 0.05) is 6.42 Å². The first-order valence-electron chi connectivity index (χ1n) is 17.7. The van der Waals surface area contributed by atoms with E-state index in [1.165, 1.54) is 89.9 Å². The van der Waals surface area contributed by atoms with Crippen LogP contribution in [0.5, 0.6) is 0 Å². The van der Waals surface area contributed by atoms with Crippen LogP contribution in [0.2, 0.25) is 0 Å². The average molecular weight is 618 g/mol. The van der Waals surface area contributed by atoms with E-state index in [1.54, 1.807) is 0 Å². The molecule has 9 heteroatoms. The number of unbranched alkanes of at least 4 members (excludes halogenated alkanes) is 18. The molecule has 0 bridgehead atoms. The maximum atomic E-state index is 12.8. The third kappa shape index (κ3) is 18.7. The van der Waals surface area contributed by atoms with Crippen molar-refractivity contribution in [2.45, 2.75) is 198 Å². The number of hydrogen-bond acceptors (Lipinski definition) is 8. The Bertz CT molecular complexity index is 652. The Morgan fingerprint density at radius 1 is 0.698 bits per heavy atom. The van der Waals surface area contributed by atoms with E-state index in [2.05, 4.69) is 19.2 Å². The fraction of sp³-hybridized carbons (Fsp3) is 0.971. The maximum absolute atomic E-state index is 12.8. The lowest BCUT2D eigenvalue weighted by Gasteiger charge is -2.40. The molecule has 0 saturated carbocycles. The summed E-state index contributed by atoms with van der Waals surface area (Å²) in [6, 6.07) is -0.707. The summed E-state index contributed by atoms with van der Waals surface area (Å²) in [5.74, 6) is -0.151. The molecule has 1 aliphatic rings. The predicted molar refractivity (Wildman–Crippen MR) is 171 cm³/mol. The van der Waals surface area contributed by atoms with E-state index in [9.17, 15) is 30.3 Å². The summed E-state index contributed by atoms with van der Waals surface area (Å²) in [6.07, 6.45) is 16.9. The number of aliphatic hydroxyl groups is 5. The highest BCUT2D eigenvalue weighted by Crippen LogP contribution is 2.23. The van der Waals surface area contributed by atoms with E-state index in [-0.39, 0.29) is 12.5 Å². The topological polar surface area (TPSA) is 149 Å². The van der Waals surface area contributed by atoms with Crippen molar-refractivity contribution in [1.29, 1.82) is 0 Å². The molecular formula is C34H67NO8. The Labute approximate surface area is 262 Å². The number of amides is 1. The van der Waals surface area contributed by atoms with Crippen molar-refractivity contribution < 1.29 is 39.8 Å². The molecule has 0 aromatic carbocycles. The highest BCUT2D eigenvalue weighted by atomic mass is 16.7. The summed E-state index contributed by atoms with van der Waals surface area (Å²) in [5, 5.41) is 53.8. The SMILES string of the molecule is CCCCCCCCCCCCCC[C@@H](O)[C@H](CO[C@@H]1O[C@H](CO)[C@H](O)C(O)C1O)NC(=O)CCCCCCCCCC. The smallest absolute Gasteiger partial charge is 0.220 e. The zero-order valence-corrected chi connectivity index (χ0v) is 27.5. The van der Waals surface area contributed by atoms with Gasteiger partial charge in [0.15, 0.2) is 6.29 Å². The number of carbonyl (C=O) groups excluding carboxylic acids is 1. The van der Waals surface area contributed by atoms with Crippen molar-refractivity contribution in [3.63, 3.8) is 0 Å². The number of nitrogens with one attached hydrogen (secondary N) is 1. The quantitative estimate of drug-likeness (QED) is 0.0651. The van der Waals surface area contributed by atoms with Gasteiger partial charge in [-0.1, -0.05) is 136 Å². The average Bonchev–Trinajstić information content (AvgIpc) is 3.00. The van der Waals surface area contributed by atoms with Gasteiger partial charge in [0.05, 0.1) is 25.4 Å². The molecule has 1 rings (SSSR count). The Balaban J connectivity index is 2.46. The summed E-state index contributed by atoms with van der Waals surface area (Å²) in [7, 11) is 0. The minimum Gasteiger partial charge on any atom is -0.394 e. The van der Waals surface area contributed by atoms with Crippen LogP contribution in [-0.2, 0) is 14.3 Å². The number of hydrogen-bond donors (Lipinski definition) is 6. The summed E-state index contributed by atoms with van der Waals surface area (Å²) in [5.41, 5.74) is 0. The van der Waals surface area contributed by atoms with E-state index in [0.717, 1.165) is 38.5 Å². The third-order valence-electron chi connectivity index (χ3n) is 8.71. The zero-order valence-electron chi connectivity index (χ0n) is 27.5. The van der Waals surface area contributed by atoms with Crippen LogP contribution in [-0.4, -0.2) is 87.5 Å². The Morgan fingerprint density at radius 3 is 1.65 bits per heavy atom. The molecule has 1 heterocycles. The van der Waals surface area contributed by atoms with Crippen LogP contribution in [0.15, 0.2) is 0 Å². The molecule has 1 amide bonds. The molecule has 9 nitrogen and oxygen atoms in total. The summed E-state index contributed by atoms with van der Waals surface area (Å²) < 4.78 is 11.1. The zero-order chi connectivity index (χ0) is 31.7. The lowest BCUT2D eigenvalue weighted by molar-refractivity contribution is -0.302. The largest absolute Gasteiger partial charge is 0.394 e. The second-order valence-corrected chi connectivity index (χ2v) is 12.7. The molecule has 1 aliphatic heterocycles. The Hall–Kier alpha value is -0.810. The molecule has 0 radical (unpaired) electrons. The predicted octanol–water partition coefficient (Wildman–Crippen LogP) is 5.27. The van der Waals surface area contributed by atoms with Crippen molar-refractivity contribution in [3.8, 4) is 0 Å². The molecule has 0 spiro atoms. The number of carbonyl (C=O) groups is 1. The van der Waals surface area contributed by atoms with Gasteiger partial charge >= 0.3 is 0 Å². The van der Waals surface area contributed by atoms with E-state index in [0.29, 0.717) is 12.8 Å². The fourth-order valence-electron chi connectivity index (χ4n) is 5.75. The third-order valence-corrected chi connectivity index (χ3v) is 8.71. The van der Waals surface area contributed by atoms with Crippen LogP contribution in [0.4, 0.5) is 0 Å². The van der Waals surface area contributed by atoms with Gasteiger partial charge in [-0.15, -0.1) is 0 Å². The Kier molecular flexibility index (Phi) is 24.7. The number of ether oxygens (including phenoxy) is 2. The van der Waals surface area contributed by atoms with Gasteiger partial charge in [-0.05, 0) is 12.8 Å². The second kappa shape index (κ2) is 26.4. The van der Waals surface area contributed by atoms with Gasteiger partial charge in [0.1, 0.15) is 24.4 Å². The summed E-state index contributed by atoms with van der Waals surface area (Å²) in [4.78, 5) is 12.8. The standard InChI is InChI=1S/C34H67NO8/c1-3-5-7-9-11-13-14-15-16-17-19-21-23-28(37)27(35-30(38)24-22-20-18-12-10-8-6-4-2)26-42-34-33(41)32(40)31(39)29(25-36)43-34/h27-29,31-34,36-37,39-41H,3-26H2,1-2H3,(H,35,38)/t27-,28+,29+,31-,32?,33?,34+/m0/s1. The van der Waals surface area contributed by atoms with Gasteiger partial charge in [-0.2, -0.15) is 0 Å². The van der Waals surface area contributed by atoms with Crippen LogP contribution in [0.25, 0.3) is 0 Å². The van der Waals surface area contributed by atoms with Crippen LogP contribution in [0.1, 0.15) is 155 Å². The second-order valence-electron chi connectivity index (χ2n) is 12.7. The van der Waals surface area contributed by atoms with E-state index >= 15 is 0 Å². The van der Waals surface area contributed by atoms with E-state index in [1.807, 2.05) is 0 Å². The van der Waals surface area contributed by atoms with E-state index < -0.39 is 49.5 Å². The monoisotopic (exact) mass is 617 g/mol. The van der Waals surface area contributed by atoms with Crippen molar-refractivity contribution in [3.05, 3.63) is 0 Å². The van der Waals surface area contributed by atoms with Gasteiger partial charge in [-0.25, -0.2) is 0 Å². The molecule has 1 saturated heterocycles. The number of aliphatic hydroxyl groups excluding tert-OH is 5. The van der Waals surface area contributed by atoms with Crippen molar-refractivity contribution in [1.82, 2.24) is 5.32 Å². The highest BCUT2D eigenvalue weighted by Gasteiger charge is 2.44. The molecule has 0 aromatic rings. The molecule has 1 fully saturated rings. The molecule has 6 N–H and O–H groups in total. The molecule has 2 unspecified atom stereocenters. The number of rotatable bonds is 28. The minimum atomic E-state index is -1.54.